The average molecular weight is 269 g/mol. The fourth-order valence-electron chi connectivity index (χ4n) is 1.54. The molecule has 19 heavy (non-hydrogen) atoms. The van der Waals surface area contributed by atoms with Gasteiger partial charge in [0.05, 0.1) is 0 Å². The Morgan fingerprint density at radius 2 is 1.68 bits per heavy atom. The lowest BCUT2D eigenvalue weighted by atomic mass is 9.95. The van der Waals surface area contributed by atoms with Crippen LogP contribution in [0, 0.1) is 5.41 Å². The van der Waals surface area contributed by atoms with Gasteiger partial charge in [-0.1, -0.05) is 20.8 Å². The van der Waals surface area contributed by atoms with Crippen LogP contribution in [0.2, 0.25) is 0 Å². The van der Waals surface area contributed by atoms with E-state index in [2.05, 4.69) is 10.6 Å². The van der Waals surface area contributed by atoms with Gasteiger partial charge in [0, 0.05) is 5.41 Å². The number of imide groups is 1. The molecule has 0 aromatic heterocycles. The Bertz CT molecular complexity index is 409. The van der Waals surface area contributed by atoms with Gasteiger partial charge in [-0.15, -0.1) is 0 Å². The van der Waals surface area contributed by atoms with E-state index in [-0.39, 0.29) is 19.0 Å². The van der Waals surface area contributed by atoms with Crippen molar-refractivity contribution in [3.05, 3.63) is 0 Å². The molecule has 0 aromatic rings. The van der Waals surface area contributed by atoms with Crippen LogP contribution < -0.4 is 10.6 Å². The zero-order valence-electron chi connectivity index (χ0n) is 11.6. The second kappa shape index (κ2) is 5.38. The molecular weight excluding hydrogens is 250 g/mol. The predicted octanol–water partition coefficient (Wildman–Crippen LogP) is -0.978. The molecule has 0 radical (unpaired) electrons. The van der Waals surface area contributed by atoms with Crippen LogP contribution >= 0.6 is 0 Å². The molecule has 2 N–H and O–H groups in total. The molecule has 106 valence electrons. The van der Waals surface area contributed by atoms with Crippen LogP contribution in [0.4, 0.5) is 0 Å². The van der Waals surface area contributed by atoms with Crippen LogP contribution in [-0.2, 0) is 19.2 Å². The van der Waals surface area contributed by atoms with Crippen LogP contribution in [0.1, 0.15) is 27.7 Å². The van der Waals surface area contributed by atoms with Gasteiger partial charge in [-0.3, -0.25) is 24.5 Å². The molecule has 0 aromatic carbocycles. The van der Waals surface area contributed by atoms with Crippen molar-refractivity contribution in [3.8, 4) is 0 Å². The molecule has 0 bridgehead atoms. The summed E-state index contributed by atoms with van der Waals surface area (Å²) in [4.78, 5) is 47.3. The summed E-state index contributed by atoms with van der Waals surface area (Å²) in [5, 5.41) is 4.68. The first-order valence-corrected chi connectivity index (χ1v) is 6.03. The summed E-state index contributed by atoms with van der Waals surface area (Å²) >= 11 is 0. The van der Waals surface area contributed by atoms with Crippen molar-refractivity contribution in [2.75, 3.05) is 13.1 Å². The van der Waals surface area contributed by atoms with Crippen molar-refractivity contribution >= 4 is 23.6 Å². The Hall–Kier alpha value is -1.92. The van der Waals surface area contributed by atoms with Crippen molar-refractivity contribution in [1.29, 1.82) is 0 Å². The topological polar surface area (TPSA) is 95.6 Å². The predicted molar refractivity (Wildman–Crippen MR) is 66.8 cm³/mol. The minimum atomic E-state index is -0.773. The maximum Gasteiger partial charge on any atom is 0.246 e. The van der Waals surface area contributed by atoms with Crippen LogP contribution in [0.15, 0.2) is 0 Å². The molecule has 4 amide bonds. The largest absolute Gasteiger partial charge is 0.344 e. The SMILES string of the molecule is CC(NC(=O)C(C)(C)C)C(=O)N1CC(=O)NC(=O)C1. The molecule has 1 heterocycles. The van der Waals surface area contributed by atoms with Crippen molar-refractivity contribution in [3.63, 3.8) is 0 Å². The average Bonchev–Trinajstić information content (AvgIpc) is 2.25. The highest BCUT2D eigenvalue weighted by Crippen LogP contribution is 2.13. The first kappa shape index (κ1) is 15.1. The molecule has 1 unspecified atom stereocenters. The van der Waals surface area contributed by atoms with Crippen molar-refractivity contribution in [2.24, 2.45) is 5.41 Å². The maximum atomic E-state index is 12.0. The molecule has 0 saturated carbocycles. The number of piperazine rings is 1. The lowest BCUT2D eigenvalue weighted by molar-refractivity contribution is -0.147. The van der Waals surface area contributed by atoms with E-state index in [9.17, 15) is 19.2 Å². The zero-order valence-corrected chi connectivity index (χ0v) is 11.6. The van der Waals surface area contributed by atoms with Crippen molar-refractivity contribution in [2.45, 2.75) is 33.7 Å². The smallest absolute Gasteiger partial charge is 0.246 e. The highest BCUT2D eigenvalue weighted by molar-refractivity contribution is 6.03. The van der Waals surface area contributed by atoms with Gasteiger partial charge in [0.25, 0.3) is 0 Å². The standard InChI is InChI=1S/C12H19N3O4/c1-7(13-11(19)12(2,3)4)10(18)15-5-8(16)14-9(17)6-15/h7H,5-6H2,1-4H3,(H,13,19)(H,14,16,17). The Balaban J connectivity index is 2.64. The number of rotatable bonds is 2. The van der Waals surface area contributed by atoms with E-state index >= 15 is 0 Å². The lowest BCUT2D eigenvalue weighted by Gasteiger charge is -2.29. The van der Waals surface area contributed by atoms with Gasteiger partial charge in [-0.2, -0.15) is 0 Å². The molecule has 1 aliphatic heterocycles. The molecular formula is C12H19N3O4. The fraction of sp³-hybridized carbons (Fsp3) is 0.667. The zero-order chi connectivity index (χ0) is 14.8. The number of carbonyl (C=O) groups is 4. The number of hydrogen-bond donors (Lipinski definition) is 2. The summed E-state index contributed by atoms with van der Waals surface area (Å²) in [6.07, 6.45) is 0. The summed E-state index contributed by atoms with van der Waals surface area (Å²) < 4.78 is 0. The number of nitrogens with one attached hydrogen (secondary N) is 2. The number of amides is 4. The van der Waals surface area contributed by atoms with Gasteiger partial charge in [-0.25, -0.2) is 0 Å². The maximum absolute atomic E-state index is 12.0. The second-order valence-corrected chi connectivity index (χ2v) is 5.61. The molecule has 1 fully saturated rings. The highest BCUT2D eigenvalue weighted by atomic mass is 16.2. The lowest BCUT2D eigenvalue weighted by Crippen LogP contribution is -2.58. The van der Waals surface area contributed by atoms with Gasteiger partial charge >= 0.3 is 0 Å². The van der Waals surface area contributed by atoms with E-state index in [1.807, 2.05) is 0 Å². The summed E-state index contributed by atoms with van der Waals surface area (Å²) in [5.74, 6) is -1.74. The minimum Gasteiger partial charge on any atom is -0.344 e. The molecule has 1 aliphatic rings. The van der Waals surface area contributed by atoms with Gasteiger partial charge in [0.15, 0.2) is 0 Å². The Morgan fingerprint density at radius 3 is 2.11 bits per heavy atom. The van der Waals surface area contributed by atoms with E-state index in [4.69, 9.17) is 0 Å². The van der Waals surface area contributed by atoms with Crippen molar-refractivity contribution in [1.82, 2.24) is 15.5 Å². The molecule has 7 heteroatoms. The van der Waals surface area contributed by atoms with E-state index in [1.165, 1.54) is 6.92 Å². The normalized spacial score (nSPS) is 17.8. The Morgan fingerprint density at radius 1 is 1.21 bits per heavy atom. The van der Waals surface area contributed by atoms with E-state index < -0.39 is 29.2 Å². The molecule has 1 rings (SSSR count). The van der Waals surface area contributed by atoms with E-state index in [0.29, 0.717) is 0 Å². The molecule has 0 aliphatic carbocycles. The molecule has 7 nitrogen and oxygen atoms in total. The summed E-state index contributed by atoms with van der Waals surface area (Å²) in [7, 11) is 0. The third-order valence-electron chi connectivity index (χ3n) is 2.66. The van der Waals surface area contributed by atoms with Crippen LogP contribution in [0.5, 0.6) is 0 Å². The van der Waals surface area contributed by atoms with Crippen molar-refractivity contribution < 1.29 is 19.2 Å². The number of nitrogens with zero attached hydrogens (tertiary/aromatic N) is 1. The van der Waals surface area contributed by atoms with Crippen LogP contribution in [0.3, 0.4) is 0 Å². The van der Waals surface area contributed by atoms with Gasteiger partial charge in [0.1, 0.15) is 19.1 Å². The Kier molecular flexibility index (Phi) is 4.28. The van der Waals surface area contributed by atoms with Crippen LogP contribution in [0.25, 0.3) is 0 Å². The molecule has 1 atom stereocenters. The quantitative estimate of drug-likeness (QED) is 0.630. The van der Waals surface area contributed by atoms with E-state index in [1.54, 1.807) is 20.8 Å². The first-order chi connectivity index (χ1) is 8.61. The molecule has 0 spiro atoms. The second-order valence-electron chi connectivity index (χ2n) is 5.61. The summed E-state index contributed by atoms with van der Waals surface area (Å²) in [6, 6.07) is -0.773. The van der Waals surface area contributed by atoms with Gasteiger partial charge in [-0.05, 0) is 6.92 Å². The van der Waals surface area contributed by atoms with Gasteiger partial charge in [0.2, 0.25) is 23.6 Å². The third-order valence-corrected chi connectivity index (χ3v) is 2.66. The Labute approximate surface area is 111 Å². The highest BCUT2D eigenvalue weighted by Gasteiger charge is 2.31. The fourth-order valence-corrected chi connectivity index (χ4v) is 1.54. The summed E-state index contributed by atoms with van der Waals surface area (Å²) in [6.45, 7) is 6.40. The first-order valence-electron chi connectivity index (χ1n) is 6.03. The summed E-state index contributed by atoms with van der Waals surface area (Å²) in [5.41, 5.74) is -0.608. The third kappa shape index (κ3) is 4.04. The number of hydrogen-bond acceptors (Lipinski definition) is 4. The van der Waals surface area contributed by atoms with E-state index in [0.717, 1.165) is 4.90 Å². The number of carbonyl (C=O) groups excluding carboxylic acids is 4. The monoisotopic (exact) mass is 269 g/mol. The van der Waals surface area contributed by atoms with Gasteiger partial charge < -0.3 is 10.2 Å². The minimum absolute atomic E-state index is 0.166. The van der Waals surface area contributed by atoms with Crippen LogP contribution in [-0.4, -0.2) is 47.7 Å². The molecule has 1 saturated heterocycles.